The maximum absolute atomic E-state index is 13.2. The Labute approximate surface area is 98.2 Å². The number of benzene rings is 1. The largest absolute Gasteiger partial charge is 0.369 e. The fourth-order valence-corrected chi connectivity index (χ4v) is 2.02. The average molecular weight is 236 g/mol. The van der Waals surface area contributed by atoms with Gasteiger partial charge in [0.15, 0.2) is 0 Å². The number of rotatable bonds is 2. The van der Waals surface area contributed by atoms with Crippen molar-refractivity contribution in [3.8, 4) is 0 Å². The summed E-state index contributed by atoms with van der Waals surface area (Å²) < 4.78 is 13.2. The monoisotopic (exact) mass is 236 g/mol. The van der Waals surface area contributed by atoms with Gasteiger partial charge in [0.2, 0.25) is 11.8 Å². The Balaban J connectivity index is 2.28. The van der Waals surface area contributed by atoms with Crippen molar-refractivity contribution < 1.29 is 14.0 Å². The minimum Gasteiger partial charge on any atom is -0.369 e. The SMILES string of the molecule is Cc1cc(F)cc(N2CC(C(N)=O)CC2=O)c1. The minimum absolute atomic E-state index is 0.102. The topological polar surface area (TPSA) is 63.4 Å². The molecule has 0 aliphatic carbocycles. The molecule has 90 valence electrons. The maximum Gasteiger partial charge on any atom is 0.227 e. The predicted molar refractivity (Wildman–Crippen MR) is 60.8 cm³/mol. The minimum atomic E-state index is -0.492. The smallest absolute Gasteiger partial charge is 0.227 e. The summed E-state index contributed by atoms with van der Waals surface area (Å²) in [6.07, 6.45) is 0.102. The number of primary amides is 1. The molecule has 1 aromatic carbocycles. The lowest BCUT2D eigenvalue weighted by Crippen LogP contribution is -2.28. The molecule has 1 atom stereocenters. The molecule has 1 heterocycles. The highest BCUT2D eigenvalue weighted by molar-refractivity contribution is 6.00. The number of amides is 2. The van der Waals surface area contributed by atoms with Crippen molar-refractivity contribution in [3.05, 3.63) is 29.6 Å². The van der Waals surface area contributed by atoms with Crippen molar-refractivity contribution in [2.24, 2.45) is 11.7 Å². The molecule has 2 N–H and O–H groups in total. The van der Waals surface area contributed by atoms with E-state index in [1.165, 1.54) is 17.0 Å². The van der Waals surface area contributed by atoms with Crippen LogP contribution in [0.4, 0.5) is 10.1 Å². The second kappa shape index (κ2) is 4.16. The number of carbonyl (C=O) groups is 2. The second-order valence-corrected chi connectivity index (χ2v) is 4.29. The first kappa shape index (κ1) is 11.6. The first-order chi connectivity index (χ1) is 7.97. The van der Waals surface area contributed by atoms with Crippen molar-refractivity contribution in [1.29, 1.82) is 0 Å². The van der Waals surface area contributed by atoms with Gasteiger partial charge in [-0.05, 0) is 30.7 Å². The van der Waals surface area contributed by atoms with Crippen molar-refractivity contribution in [2.45, 2.75) is 13.3 Å². The van der Waals surface area contributed by atoms with Gasteiger partial charge in [-0.1, -0.05) is 0 Å². The van der Waals surface area contributed by atoms with Gasteiger partial charge in [-0.2, -0.15) is 0 Å². The van der Waals surface area contributed by atoms with Crippen LogP contribution >= 0.6 is 0 Å². The van der Waals surface area contributed by atoms with E-state index < -0.39 is 17.6 Å². The third kappa shape index (κ3) is 2.27. The molecule has 1 aromatic rings. The van der Waals surface area contributed by atoms with Gasteiger partial charge < -0.3 is 10.6 Å². The number of aryl methyl sites for hydroxylation is 1. The van der Waals surface area contributed by atoms with Crippen LogP contribution in [0.5, 0.6) is 0 Å². The van der Waals surface area contributed by atoms with E-state index in [4.69, 9.17) is 5.73 Å². The van der Waals surface area contributed by atoms with Gasteiger partial charge in [-0.25, -0.2) is 4.39 Å². The van der Waals surface area contributed by atoms with Gasteiger partial charge in [-0.15, -0.1) is 0 Å². The third-order valence-electron chi connectivity index (χ3n) is 2.87. The Morgan fingerprint density at radius 2 is 2.18 bits per heavy atom. The van der Waals surface area contributed by atoms with Crippen LogP contribution in [0, 0.1) is 18.7 Å². The molecule has 1 aliphatic rings. The summed E-state index contributed by atoms with van der Waals surface area (Å²) in [6.45, 7) is 1.98. The van der Waals surface area contributed by atoms with Crippen molar-refractivity contribution in [1.82, 2.24) is 0 Å². The maximum atomic E-state index is 13.2. The highest BCUT2D eigenvalue weighted by Crippen LogP contribution is 2.26. The molecule has 0 radical (unpaired) electrons. The van der Waals surface area contributed by atoms with Crippen molar-refractivity contribution >= 4 is 17.5 Å². The summed E-state index contributed by atoms with van der Waals surface area (Å²) in [5.74, 6) is -1.56. The summed E-state index contributed by atoms with van der Waals surface area (Å²) in [4.78, 5) is 24.1. The van der Waals surface area contributed by atoms with Crippen LogP contribution in [0.3, 0.4) is 0 Å². The molecule has 1 unspecified atom stereocenters. The summed E-state index contributed by atoms with van der Waals surface area (Å²) in [7, 11) is 0. The molecule has 0 bridgehead atoms. The standard InChI is InChI=1S/C12H13FN2O2/c1-7-2-9(13)5-10(3-7)15-6-8(12(14)17)4-11(15)16/h2-3,5,8H,4,6H2,1H3,(H2,14,17). The summed E-state index contributed by atoms with van der Waals surface area (Å²) in [5, 5.41) is 0. The van der Waals surface area contributed by atoms with Crippen LogP contribution in [0.15, 0.2) is 18.2 Å². The summed E-state index contributed by atoms with van der Waals surface area (Å²) in [6, 6.07) is 4.38. The van der Waals surface area contributed by atoms with Gasteiger partial charge >= 0.3 is 0 Å². The van der Waals surface area contributed by atoms with Crippen LogP contribution in [-0.2, 0) is 9.59 Å². The zero-order valence-electron chi connectivity index (χ0n) is 9.44. The molecular weight excluding hydrogens is 223 g/mol. The van der Waals surface area contributed by atoms with Gasteiger partial charge in [0.1, 0.15) is 5.82 Å². The number of nitrogens with zero attached hydrogens (tertiary/aromatic N) is 1. The molecule has 2 amide bonds. The molecule has 0 saturated carbocycles. The van der Waals surface area contributed by atoms with E-state index >= 15 is 0 Å². The molecule has 4 nitrogen and oxygen atoms in total. The predicted octanol–water partition coefficient (Wildman–Crippen LogP) is 0.972. The average Bonchev–Trinajstić information content (AvgIpc) is 2.59. The highest BCUT2D eigenvalue weighted by atomic mass is 19.1. The fourth-order valence-electron chi connectivity index (χ4n) is 2.02. The first-order valence-electron chi connectivity index (χ1n) is 5.34. The molecular formula is C12H13FN2O2. The zero-order valence-corrected chi connectivity index (χ0v) is 9.44. The first-order valence-corrected chi connectivity index (χ1v) is 5.34. The van der Waals surface area contributed by atoms with E-state index in [2.05, 4.69) is 0 Å². The zero-order chi connectivity index (χ0) is 12.6. The summed E-state index contributed by atoms with van der Waals surface area (Å²) in [5.41, 5.74) is 6.38. The Morgan fingerprint density at radius 3 is 2.71 bits per heavy atom. The van der Waals surface area contributed by atoms with Crippen molar-refractivity contribution in [2.75, 3.05) is 11.4 Å². The van der Waals surface area contributed by atoms with E-state index in [1.54, 1.807) is 13.0 Å². The quantitative estimate of drug-likeness (QED) is 0.831. The molecule has 1 fully saturated rings. The van der Waals surface area contributed by atoms with Crippen LogP contribution in [0.25, 0.3) is 0 Å². The molecule has 0 aromatic heterocycles. The van der Waals surface area contributed by atoms with Crippen LogP contribution in [-0.4, -0.2) is 18.4 Å². The lowest BCUT2D eigenvalue weighted by atomic mass is 10.1. The van der Waals surface area contributed by atoms with E-state index in [0.717, 1.165) is 5.56 Å². The van der Waals surface area contributed by atoms with Crippen LogP contribution < -0.4 is 10.6 Å². The lowest BCUT2D eigenvalue weighted by molar-refractivity contribution is -0.123. The number of halogens is 1. The van der Waals surface area contributed by atoms with Gasteiger partial charge in [0.05, 0.1) is 5.92 Å². The molecule has 5 heteroatoms. The molecule has 1 aliphatic heterocycles. The van der Waals surface area contributed by atoms with E-state index in [1.807, 2.05) is 0 Å². The van der Waals surface area contributed by atoms with Crippen molar-refractivity contribution in [3.63, 3.8) is 0 Å². The number of nitrogens with two attached hydrogens (primary N) is 1. The van der Waals surface area contributed by atoms with Gasteiger partial charge in [-0.3, -0.25) is 9.59 Å². The van der Waals surface area contributed by atoms with Crippen LogP contribution in [0.1, 0.15) is 12.0 Å². The summed E-state index contributed by atoms with van der Waals surface area (Å²) >= 11 is 0. The lowest BCUT2D eigenvalue weighted by Gasteiger charge is -2.16. The second-order valence-electron chi connectivity index (χ2n) is 4.29. The Bertz CT molecular complexity index is 467. The number of hydrogen-bond donors (Lipinski definition) is 1. The number of anilines is 1. The Kier molecular flexibility index (Phi) is 2.83. The molecule has 2 rings (SSSR count). The highest BCUT2D eigenvalue weighted by Gasteiger charge is 2.34. The Hall–Kier alpha value is -1.91. The fraction of sp³-hybridized carbons (Fsp3) is 0.333. The van der Waals surface area contributed by atoms with Crippen LogP contribution in [0.2, 0.25) is 0 Å². The normalized spacial score (nSPS) is 19.8. The third-order valence-corrected chi connectivity index (χ3v) is 2.87. The van der Waals surface area contributed by atoms with E-state index in [0.29, 0.717) is 5.69 Å². The van der Waals surface area contributed by atoms with Gasteiger partial charge in [0, 0.05) is 18.7 Å². The van der Waals surface area contributed by atoms with Gasteiger partial charge in [0.25, 0.3) is 0 Å². The molecule has 1 saturated heterocycles. The number of hydrogen-bond acceptors (Lipinski definition) is 2. The molecule has 17 heavy (non-hydrogen) atoms. The van der Waals surface area contributed by atoms with E-state index in [9.17, 15) is 14.0 Å². The molecule has 0 spiro atoms. The Morgan fingerprint density at radius 1 is 1.47 bits per heavy atom. The van der Waals surface area contributed by atoms with E-state index in [-0.39, 0.29) is 18.9 Å². The number of carbonyl (C=O) groups excluding carboxylic acids is 2.